The fraction of sp³-hybridized carbons (Fsp3) is 0.400. The van der Waals surface area contributed by atoms with Crippen LogP contribution in [-0.4, -0.2) is 24.9 Å². The molecule has 0 aliphatic carbocycles. The van der Waals surface area contributed by atoms with Crippen LogP contribution < -0.4 is 0 Å². The quantitative estimate of drug-likeness (QED) is 0.482. The standard InChI is InChI=1S/C15H19O3P/c1-13(2)19(17,12-10-15(16)18-3)11-9-14-7-5-4-6-8-14/h4-8,13H,10,12H2,1-3H3. The SMILES string of the molecule is COC(=O)CCP(=O)(C#Cc1ccccc1)C(C)C. The van der Waals surface area contributed by atoms with Gasteiger partial charge in [-0.1, -0.05) is 38.0 Å². The van der Waals surface area contributed by atoms with Crippen molar-refractivity contribution in [1.82, 2.24) is 0 Å². The second kappa shape index (κ2) is 7.16. The Balaban J connectivity index is 2.86. The molecule has 0 aliphatic heterocycles. The molecule has 19 heavy (non-hydrogen) atoms. The zero-order valence-corrected chi connectivity index (χ0v) is 12.4. The average Bonchev–Trinajstić information content (AvgIpc) is 2.43. The molecule has 1 aromatic carbocycles. The van der Waals surface area contributed by atoms with Gasteiger partial charge in [-0.3, -0.25) is 4.79 Å². The summed E-state index contributed by atoms with van der Waals surface area (Å²) in [7, 11) is -1.35. The predicted octanol–water partition coefficient (Wildman–Crippen LogP) is 3.33. The molecule has 0 saturated heterocycles. The Morgan fingerprint density at radius 1 is 1.32 bits per heavy atom. The fourth-order valence-corrected chi connectivity index (χ4v) is 3.20. The Morgan fingerprint density at radius 3 is 2.47 bits per heavy atom. The first-order valence-electron chi connectivity index (χ1n) is 6.22. The molecule has 0 saturated carbocycles. The molecule has 1 atom stereocenters. The minimum Gasteiger partial charge on any atom is -0.469 e. The van der Waals surface area contributed by atoms with Gasteiger partial charge in [-0.2, -0.15) is 0 Å². The Morgan fingerprint density at radius 2 is 1.95 bits per heavy atom. The van der Waals surface area contributed by atoms with E-state index in [0.29, 0.717) is 0 Å². The lowest BCUT2D eigenvalue weighted by Crippen LogP contribution is -2.07. The van der Waals surface area contributed by atoms with Gasteiger partial charge in [0.05, 0.1) is 13.5 Å². The molecule has 0 fully saturated rings. The summed E-state index contributed by atoms with van der Waals surface area (Å²) >= 11 is 0. The smallest absolute Gasteiger partial charge is 0.306 e. The lowest BCUT2D eigenvalue weighted by atomic mass is 10.2. The number of hydrogen-bond donors (Lipinski definition) is 0. The topological polar surface area (TPSA) is 43.4 Å². The molecule has 0 spiro atoms. The molecule has 0 N–H and O–H groups in total. The van der Waals surface area contributed by atoms with Crippen molar-refractivity contribution in [2.24, 2.45) is 0 Å². The third-order valence-electron chi connectivity index (χ3n) is 2.87. The number of rotatable bonds is 4. The van der Waals surface area contributed by atoms with Gasteiger partial charge in [0.25, 0.3) is 0 Å². The maximum Gasteiger partial charge on any atom is 0.306 e. The summed E-state index contributed by atoms with van der Waals surface area (Å²) in [4.78, 5) is 11.2. The van der Waals surface area contributed by atoms with E-state index < -0.39 is 7.14 Å². The van der Waals surface area contributed by atoms with Crippen molar-refractivity contribution in [2.45, 2.75) is 25.9 Å². The predicted molar refractivity (Wildman–Crippen MR) is 77.6 cm³/mol. The van der Waals surface area contributed by atoms with Gasteiger partial charge in [-0.25, -0.2) is 0 Å². The number of carbonyl (C=O) groups is 1. The van der Waals surface area contributed by atoms with Crippen LogP contribution in [0.25, 0.3) is 0 Å². The van der Waals surface area contributed by atoms with Crippen LogP contribution >= 0.6 is 7.14 Å². The summed E-state index contributed by atoms with van der Waals surface area (Å²) in [6, 6.07) is 9.43. The van der Waals surface area contributed by atoms with E-state index in [9.17, 15) is 9.36 Å². The Bertz CT molecular complexity index is 523. The highest BCUT2D eigenvalue weighted by atomic mass is 31.2. The van der Waals surface area contributed by atoms with Gasteiger partial charge in [-0.15, -0.1) is 0 Å². The van der Waals surface area contributed by atoms with Gasteiger partial charge in [-0.05, 0) is 17.8 Å². The average molecular weight is 278 g/mol. The van der Waals surface area contributed by atoms with Crippen LogP contribution in [-0.2, 0) is 14.1 Å². The summed E-state index contributed by atoms with van der Waals surface area (Å²) in [6.45, 7) is 3.75. The van der Waals surface area contributed by atoms with E-state index in [0.717, 1.165) is 5.56 Å². The lowest BCUT2D eigenvalue weighted by molar-refractivity contribution is -0.140. The zero-order chi connectivity index (χ0) is 14.3. The van der Waals surface area contributed by atoms with Gasteiger partial charge in [0.1, 0.15) is 0 Å². The van der Waals surface area contributed by atoms with E-state index in [1.165, 1.54) is 7.11 Å². The third kappa shape index (κ3) is 4.93. The van der Waals surface area contributed by atoms with Gasteiger partial charge in [0.2, 0.25) is 0 Å². The highest BCUT2D eigenvalue weighted by Gasteiger charge is 2.25. The molecule has 1 rings (SSSR count). The van der Waals surface area contributed by atoms with Crippen molar-refractivity contribution in [1.29, 1.82) is 0 Å². The van der Waals surface area contributed by atoms with Crippen molar-refractivity contribution < 1.29 is 14.1 Å². The van der Waals surface area contributed by atoms with E-state index in [1.54, 1.807) is 0 Å². The molecule has 0 aliphatic rings. The largest absolute Gasteiger partial charge is 0.469 e. The molecule has 0 radical (unpaired) electrons. The van der Waals surface area contributed by atoms with Gasteiger partial charge in [0, 0.05) is 17.4 Å². The second-order valence-corrected chi connectivity index (χ2v) is 7.84. The van der Waals surface area contributed by atoms with Crippen LogP contribution in [0.3, 0.4) is 0 Å². The fourth-order valence-electron chi connectivity index (χ4n) is 1.48. The molecule has 1 aromatic rings. The molecule has 0 bridgehead atoms. The number of benzene rings is 1. The lowest BCUT2D eigenvalue weighted by Gasteiger charge is -2.15. The second-order valence-electron chi connectivity index (χ2n) is 4.54. The normalized spacial score (nSPS) is 13.3. The monoisotopic (exact) mass is 278 g/mol. The van der Waals surface area contributed by atoms with E-state index >= 15 is 0 Å². The molecule has 0 aromatic heterocycles. The van der Waals surface area contributed by atoms with E-state index in [1.807, 2.05) is 44.2 Å². The summed E-state index contributed by atoms with van der Waals surface area (Å²) in [6.07, 6.45) is 0.423. The highest BCUT2D eigenvalue weighted by Crippen LogP contribution is 2.50. The Kier molecular flexibility index (Phi) is 5.86. The summed E-state index contributed by atoms with van der Waals surface area (Å²) in [5, 5.41) is 0. The maximum atomic E-state index is 12.7. The molecule has 0 heterocycles. The van der Waals surface area contributed by atoms with E-state index in [-0.39, 0.29) is 24.2 Å². The van der Waals surface area contributed by atoms with E-state index in [4.69, 9.17) is 0 Å². The maximum absolute atomic E-state index is 12.7. The molecule has 4 heteroatoms. The van der Waals surface area contributed by atoms with Crippen LogP contribution in [0.1, 0.15) is 25.8 Å². The number of ether oxygens (including phenoxy) is 1. The van der Waals surface area contributed by atoms with Crippen LogP contribution in [0.5, 0.6) is 0 Å². The number of hydrogen-bond acceptors (Lipinski definition) is 3. The van der Waals surface area contributed by atoms with E-state index in [2.05, 4.69) is 16.3 Å². The number of esters is 1. The van der Waals surface area contributed by atoms with Crippen molar-refractivity contribution in [3.63, 3.8) is 0 Å². The van der Waals surface area contributed by atoms with Crippen molar-refractivity contribution in [2.75, 3.05) is 13.3 Å². The summed E-state index contributed by atoms with van der Waals surface area (Å²) in [5.74, 6) is 2.60. The van der Waals surface area contributed by atoms with Crippen LogP contribution in [0.4, 0.5) is 0 Å². The van der Waals surface area contributed by atoms with Gasteiger partial charge in [0.15, 0.2) is 7.14 Å². The van der Waals surface area contributed by atoms with Crippen molar-refractivity contribution in [3.05, 3.63) is 35.9 Å². The first kappa shape index (κ1) is 15.5. The summed E-state index contributed by atoms with van der Waals surface area (Å²) in [5.41, 5.74) is 3.66. The first-order chi connectivity index (χ1) is 8.98. The van der Waals surface area contributed by atoms with Gasteiger partial charge < -0.3 is 9.30 Å². The first-order valence-corrected chi connectivity index (χ1v) is 8.18. The van der Waals surface area contributed by atoms with Crippen molar-refractivity contribution >= 4 is 13.1 Å². The van der Waals surface area contributed by atoms with Crippen molar-refractivity contribution in [3.8, 4) is 11.6 Å². The summed E-state index contributed by atoms with van der Waals surface area (Å²) < 4.78 is 17.3. The number of carbonyl (C=O) groups excluding carboxylic acids is 1. The van der Waals surface area contributed by atoms with Gasteiger partial charge >= 0.3 is 5.97 Å². The molecular formula is C15H19O3P. The minimum atomic E-state index is -2.69. The molecular weight excluding hydrogens is 259 g/mol. The molecule has 0 amide bonds. The Hall–Kier alpha value is -1.52. The Labute approximate surface area is 114 Å². The molecule has 1 unspecified atom stereocenters. The van der Waals surface area contributed by atoms with Crippen LogP contribution in [0.2, 0.25) is 0 Å². The number of methoxy groups -OCH3 is 1. The third-order valence-corrected chi connectivity index (χ3v) is 5.92. The van der Waals surface area contributed by atoms with Crippen LogP contribution in [0, 0.1) is 11.6 Å². The molecule has 3 nitrogen and oxygen atoms in total. The molecule has 102 valence electrons. The highest BCUT2D eigenvalue weighted by molar-refractivity contribution is 7.69. The minimum absolute atomic E-state index is 0.0617. The zero-order valence-electron chi connectivity index (χ0n) is 11.6. The van der Waals surface area contributed by atoms with Crippen LogP contribution in [0.15, 0.2) is 30.3 Å².